The van der Waals surface area contributed by atoms with E-state index in [4.69, 9.17) is 0 Å². The monoisotopic (exact) mass is 372 g/mol. The Bertz CT molecular complexity index is 789. The number of benzene rings is 1. The maximum absolute atomic E-state index is 12.3. The van der Waals surface area contributed by atoms with Crippen LogP contribution in [0.4, 0.5) is 5.69 Å². The third-order valence-corrected chi connectivity index (χ3v) is 5.02. The summed E-state index contributed by atoms with van der Waals surface area (Å²) in [4.78, 5) is 38.4. The zero-order valence-electron chi connectivity index (χ0n) is 15.6. The molecule has 1 aromatic heterocycles. The van der Waals surface area contributed by atoms with Gasteiger partial charge in [0.25, 0.3) is 0 Å². The van der Waals surface area contributed by atoms with Crippen LogP contribution in [0, 0.1) is 20.8 Å². The van der Waals surface area contributed by atoms with Crippen molar-refractivity contribution in [1.82, 2.24) is 4.90 Å². The van der Waals surface area contributed by atoms with Gasteiger partial charge in [-0.1, -0.05) is 23.8 Å². The highest BCUT2D eigenvalue weighted by molar-refractivity contribution is 7.12. The van der Waals surface area contributed by atoms with Gasteiger partial charge >= 0.3 is 0 Å². The number of nitrogens with one attached hydrogen (secondary N) is 1. The number of nitrogens with zero attached hydrogens (tertiary/aromatic N) is 1. The molecule has 1 aromatic carbocycles. The van der Waals surface area contributed by atoms with Gasteiger partial charge in [-0.25, -0.2) is 0 Å². The van der Waals surface area contributed by atoms with E-state index < -0.39 is 0 Å². The smallest absolute Gasteiger partial charge is 0.243 e. The Balaban J connectivity index is 1.86. The number of aryl methyl sites for hydroxylation is 3. The van der Waals surface area contributed by atoms with E-state index in [-0.39, 0.29) is 37.0 Å². The van der Waals surface area contributed by atoms with Crippen molar-refractivity contribution in [2.75, 3.05) is 18.9 Å². The molecule has 0 saturated carbocycles. The maximum atomic E-state index is 12.3. The molecule has 0 bridgehead atoms. The first-order valence-corrected chi connectivity index (χ1v) is 9.34. The third-order valence-electron chi connectivity index (χ3n) is 4.11. The number of carbonyl (C=O) groups is 3. The highest BCUT2D eigenvalue weighted by Crippen LogP contribution is 2.21. The number of amides is 2. The molecular formula is C20H24N2O3S. The minimum Gasteiger partial charge on any atom is -0.336 e. The predicted octanol–water partition coefficient (Wildman–Crippen LogP) is 3.73. The van der Waals surface area contributed by atoms with E-state index >= 15 is 0 Å². The van der Waals surface area contributed by atoms with Gasteiger partial charge in [0.2, 0.25) is 11.8 Å². The molecule has 0 radical (unpaired) electrons. The van der Waals surface area contributed by atoms with Crippen molar-refractivity contribution in [2.45, 2.75) is 33.6 Å². The second kappa shape index (κ2) is 8.76. The molecule has 5 nitrogen and oxygen atoms in total. The number of carbonyl (C=O) groups excluding carboxylic acids is 3. The van der Waals surface area contributed by atoms with E-state index in [1.54, 1.807) is 13.1 Å². The Hall–Kier alpha value is -2.47. The van der Waals surface area contributed by atoms with Crippen LogP contribution in [-0.4, -0.2) is 36.1 Å². The molecule has 0 unspecified atom stereocenters. The van der Waals surface area contributed by atoms with Gasteiger partial charge in [-0.05, 0) is 43.3 Å². The highest BCUT2D eigenvalue weighted by atomic mass is 32.1. The van der Waals surface area contributed by atoms with Crippen LogP contribution in [0.25, 0.3) is 0 Å². The van der Waals surface area contributed by atoms with Gasteiger partial charge in [0.05, 0.1) is 11.4 Å². The summed E-state index contributed by atoms with van der Waals surface area (Å²) in [7, 11) is 1.58. The lowest BCUT2D eigenvalue weighted by atomic mass is 10.1. The first-order chi connectivity index (χ1) is 12.3. The lowest BCUT2D eigenvalue weighted by molar-refractivity contribution is -0.133. The van der Waals surface area contributed by atoms with Crippen molar-refractivity contribution >= 4 is 34.6 Å². The van der Waals surface area contributed by atoms with Gasteiger partial charge in [-0.3, -0.25) is 14.4 Å². The number of hydrogen-bond donors (Lipinski definition) is 1. The molecular weight excluding hydrogens is 348 g/mol. The average molecular weight is 372 g/mol. The molecule has 0 spiro atoms. The molecule has 0 fully saturated rings. The second-order valence-electron chi connectivity index (χ2n) is 6.47. The molecule has 0 saturated heterocycles. The minimum atomic E-state index is -0.250. The normalized spacial score (nSPS) is 10.5. The van der Waals surface area contributed by atoms with Crippen molar-refractivity contribution in [2.24, 2.45) is 0 Å². The van der Waals surface area contributed by atoms with Crippen LogP contribution in [0.5, 0.6) is 0 Å². The molecule has 2 rings (SSSR count). The standard InChI is InChI=1S/C20H24N2O3S/c1-13-10-14(2)20(15(3)11-13)21-18(24)12-22(4)19(25)8-7-16(23)17-6-5-9-26-17/h5-6,9-11H,7-8,12H2,1-4H3,(H,21,24). The fourth-order valence-corrected chi connectivity index (χ4v) is 3.53. The number of ketones is 1. The highest BCUT2D eigenvalue weighted by Gasteiger charge is 2.16. The molecule has 138 valence electrons. The summed E-state index contributed by atoms with van der Waals surface area (Å²) in [5, 5.41) is 4.71. The van der Waals surface area contributed by atoms with E-state index in [0.717, 1.165) is 22.4 Å². The quantitative estimate of drug-likeness (QED) is 0.753. The van der Waals surface area contributed by atoms with E-state index in [0.29, 0.717) is 4.88 Å². The van der Waals surface area contributed by atoms with Crippen LogP contribution in [0.15, 0.2) is 29.6 Å². The molecule has 1 heterocycles. The lowest BCUT2D eigenvalue weighted by Gasteiger charge is -2.18. The molecule has 0 aliphatic rings. The summed E-state index contributed by atoms with van der Waals surface area (Å²) in [5.41, 5.74) is 3.91. The largest absolute Gasteiger partial charge is 0.336 e. The van der Waals surface area contributed by atoms with Crippen LogP contribution in [0.3, 0.4) is 0 Å². The fourth-order valence-electron chi connectivity index (χ4n) is 2.83. The molecule has 2 amide bonds. The minimum absolute atomic E-state index is 0.0429. The zero-order valence-corrected chi connectivity index (χ0v) is 16.4. The third kappa shape index (κ3) is 5.26. The number of hydrogen-bond acceptors (Lipinski definition) is 4. The maximum Gasteiger partial charge on any atom is 0.243 e. The fraction of sp³-hybridized carbons (Fsp3) is 0.350. The molecule has 0 aliphatic carbocycles. The number of thiophene rings is 1. The van der Waals surface area contributed by atoms with Crippen LogP contribution < -0.4 is 5.32 Å². The Morgan fingerprint density at radius 2 is 1.73 bits per heavy atom. The van der Waals surface area contributed by atoms with Gasteiger partial charge in [0.15, 0.2) is 5.78 Å². The Morgan fingerprint density at radius 1 is 1.08 bits per heavy atom. The number of anilines is 1. The summed E-state index contributed by atoms with van der Waals surface area (Å²) in [5.74, 6) is -0.514. The van der Waals surface area contributed by atoms with Crippen molar-refractivity contribution in [3.8, 4) is 0 Å². The van der Waals surface area contributed by atoms with Gasteiger partial charge in [-0.2, -0.15) is 0 Å². The summed E-state index contributed by atoms with van der Waals surface area (Å²) in [6.07, 6.45) is 0.255. The van der Waals surface area contributed by atoms with Crippen LogP contribution >= 0.6 is 11.3 Å². The topological polar surface area (TPSA) is 66.5 Å². The number of likely N-dealkylation sites (N-methyl/N-ethyl adjacent to an activating group) is 1. The van der Waals surface area contributed by atoms with Gasteiger partial charge in [0.1, 0.15) is 0 Å². The molecule has 6 heteroatoms. The molecule has 0 aliphatic heterocycles. The summed E-state index contributed by atoms with van der Waals surface area (Å²) in [6.45, 7) is 5.86. The van der Waals surface area contributed by atoms with Crippen LogP contribution in [0.1, 0.15) is 39.2 Å². The van der Waals surface area contributed by atoms with E-state index in [1.807, 2.05) is 44.4 Å². The lowest BCUT2D eigenvalue weighted by Crippen LogP contribution is -2.35. The summed E-state index contributed by atoms with van der Waals surface area (Å²) in [6, 6.07) is 7.58. The Kier molecular flexibility index (Phi) is 6.69. The van der Waals surface area contributed by atoms with Gasteiger partial charge < -0.3 is 10.2 Å². The Morgan fingerprint density at radius 3 is 2.31 bits per heavy atom. The summed E-state index contributed by atoms with van der Waals surface area (Å²) < 4.78 is 0. The van der Waals surface area contributed by atoms with E-state index in [9.17, 15) is 14.4 Å². The van der Waals surface area contributed by atoms with Crippen molar-refractivity contribution in [1.29, 1.82) is 0 Å². The van der Waals surface area contributed by atoms with Gasteiger partial charge in [-0.15, -0.1) is 11.3 Å². The molecule has 2 aromatic rings. The van der Waals surface area contributed by atoms with Crippen LogP contribution in [0.2, 0.25) is 0 Å². The Labute approximate surface area is 158 Å². The molecule has 0 atom stereocenters. The van der Waals surface area contributed by atoms with Crippen molar-refractivity contribution in [3.63, 3.8) is 0 Å². The SMILES string of the molecule is Cc1cc(C)c(NC(=O)CN(C)C(=O)CCC(=O)c2cccs2)c(C)c1. The first kappa shape index (κ1) is 19.8. The van der Waals surface area contributed by atoms with E-state index in [1.165, 1.54) is 16.2 Å². The first-order valence-electron chi connectivity index (χ1n) is 8.46. The predicted molar refractivity (Wildman–Crippen MR) is 105 cm³/mol. The van der Waals surface area contributed by atoms with Crippen molar-refractivity contribution < 1.29 is 14.4 Å². The van der Waals surface area contributed by atoms with Crippen molar-refractivity contribution in [3.05, 3.63) is 51.2 Å². The molecule has 1 N–H and O–H groups in total. The van der Waals surface area contributed by atoms with E-state index in [2.05, 4.69) is 5.32 Å². The number of rotatable bonds is 7. The molecule has 26 heavy (non-hydrogen) atoms. The number of Topliss-reactive ketones (excluding diaryl/α,β-unsaturated/α-hetero) is 1. The zero-order chi connectivity index (χ0) is 19.3. The van der Waals surface area contributed by atoms with Gasteiger partial charge in [0, 0.05) is 25.6 Å². The summed E-state index contributed by atoms with van der Waals surface area (Å²) >= 11 is 1.37. The van der Waals surface area contributed by atoms with Crippen LogP contribution in [-0.2, 0) is 9.59 Å². The average Bonchev–Trinajstić information content (AvgIpc) is 3.10. The second-order valence-corrected chi connectivity index (χ2v) is 7.42.